The van der Waals surface area contributed by atoms with Crippen molar-refractivity contribution in [2.24, 2.45) is 0 Å². The number of rotatable bonds is 4. The molecule has 0 bridgehead atoms. The van der Waals surface area contributed by atoms with Crippen LogP contribution in [0.5, 0.6) is 0 Å². The first kappa shape index (κ1) is 14.3. The van der Waals surface area contributed by atoms with Gasteiger partial charge >= 0.3 is 0 Å². The summed E-state index contributed by atoms with van der Waals surface area (Å²) in [6.07, 6.45) is 1.89. The van der Waals surface area contributed by atoms with Gasteiger partial charge in [-0.3, -0.25) is 0 Å². The Kier molecular flexibility index (Phi) is 3.86. The molecule has 1 aromatic heterocycles. The molecular formula is C15H20ClFN2. The van der Waals surface area contributed by atoms with Crippen molar-refractivity contribution in [1.29, 1.82) is 0 Å². The molecule has 1 aromatic carbocycles. The van der Waals surface area contributed by atoms with Crippen LogP contribution in [0.3, 0.4) is 0 Å². The standard InChI is InChI=1S/C15H20ClFN2/c1-5-15(4,6-2)19-12-9-7-8-11(17)13(12)18-14(19)10(3)16/h7-10H,5-6H2,1-4H3. The first-order valence-electron chi connectivity index (χ1n) is 6.76. The normalized spacial score (nSPS) is 14.0. The van der Waals surface area contributed by atoms with E-state index in [1.807, 2.05) is 13.0 Å². The molecule has 0 N–H and O–H groups in total. The molecule has 0 radical (unpaired) electrons. The Morgan fingerprint density at radius 2 is 2.00 bits per heavy atom. The van der Waals surface area contributed by atoms with Gasteiger partial charge in [0.1, 0.15) is 11.3 Å². The zero-order valence-corrected chi connectivity index (χ0v) is 12.6. The maximum absolute atomic E-state index is 13.9. The Hall–Kier alpha value is -1.09. The molecular weight excluding hydrogens is 263 g/mol. The molecule has 4 heteroatoms. The van der Waals surface area contributed by atoms with E-state index < -0.39 is 0 Å². The molecule has 2 nitrogen and oxygen atoms in total. The fourth-order valence-electron chi connectivity index (χ4n) is 2.48. The predicted molar refractivity (Wildman–Crippen MR) is 78.2 cm³/mol. The molecule has 1 heterocycles. The maximum Gasteiger partial charge on any atom is 0.151 e. The lowest BCUT2D eigenvalue weighted by molar-refractivity contribution is 0.293. The molecule has 19 heavy (non-hydrogen) atoms. The van der Waals surface area contributed by atoms with E-state index in [0.717, 1.165) is 24.2 Å². The quantitative estimate of drug-likeness (QED) is 0.721. The Bertz CT molecular complexity index is 585. The Balaban J connectivity index is 2.83. The van der Waals surface area contributed by atoms with Gasteiger partial charge in [0.2, 0.25) is 0 Å². The van der Waals surface area contributed by atoms with Crippen molar-refractivity contribution in [3.05, 3.63) is 29.8 Å². The van der Waals surface area contributed by atoms with E-state index in [1.165, 1.54) is 6.07 Å². The topological polar surface area (TPSA) is 17.8 Å². The van der Waals surface area contributed by atoms with Gasteiger partial charge in [0.15, 0.2) is 5.82 Å². The molecule has 104 valence electrons. The molecule has 2 aromatic rings. The summed E-state index contributed by atoms with van der Waals surface area (Å²) in [5.41, 5.74) is 1.15. The lowest BCUT2D eigenvalue weighted by atomic mass is 9.94. The summed E-state index contributed by atoms with van der Waals surface area (Å²) in [5, 5.41) is -0.246. The largest absolute Gasteiger partial charge is 0.321 e. The molecule has 1 unspecified atom stereocenters. The van der Waals surface area contributed by atoms with Gasteiger partial charge < -0.3 is 4.57 Å². The first-order chi connectivity index (χ1) is 8.94. The van der Waals surface area contributed by atoms with Crippen LogP contribution in [-0.4, -0.2) is 9.55 Å². The van der Waals surface area contributed by atoms with Crippen LogP contribution in [0.4, 0.5) is 4.39 Å². The van der Waals surface area contributed by atoms with Crippen molar-refractivity contribution in [2.75, 3.05) is 0 Å². The molecule has 0 spiro atoms. The Labute approximate surface area is 118 Å². The number of hydrogen-bond acceptors (Lipinski definition) is 1. The van der Waals surface area contributed by atoms with Crippen LogP contribution in [0, 0.1) is 5.82 Å². The minimum atomic E-state index is -0.288. The third kappa shape index (κ3) is 2.25. The van der Waals surface area contributed by atoms with Crippen LogP contribution in [-0.2, 0) is 5.54 Å². The predicted octanol–water partition coefficient (Wildman–Crippen LogP) is 5.01. The first-order valence-corrected chi connectivity index (χ1v) is 7.19. The third-order valence-electron chi connectivity index (χ3n) is 4.08. The highest BCUT2D eigenvalue weighted by molar-refractivity contribution is 6.20. The highest BCUT2D eigenvalue weighted by Gasteiger charge is 2.29. The van der Waals surface area contributed by atoms with Crippen LogP contribution >= 0.6 is 11.6 Å². The number of benzene rings is 1. The monoisotopic (exact) mass is 282 g/mol. The molecule has 0 amide bonds. The third-order valence-corrected chi connectivity index (χ3v) is 4.28. The second kappa shape index (κ2) is 5.12. The second-order valence-corrected chi connectivity index (χ2v) is 5.89. The molecule has 0 aliphatic rings. The summed E-state index contributed by atoms with van der Waals surface area (Å²) >= 11 is 6.25. The van der Waals surface area contributed by atoms with Crippen molar-refractivity contribution < 1.29 is 4.39 Å². The molecule has 0 aliphatic carbocycles. The second-order valence-electron chi connectivity index (χ2n) is 5.23. The Morgan fingerprint density at radius 1 is 1.37 bits per heavy atom. The van der Waals surface area contributed by atoms with Crippen LogP contribution in [0.15, 0.2) is 18.2 Å². The number of imidazole rings is 1. The SMILES string of the molecule is CCC(C)(CC)n1c(C(C)Cl)nc2c(F)cccc21. The van der Waals surface area contributed by atoms with Gasteiger partial charge in [0, 0.05) is 5.54 Å². The van der Waals surface area contributed by atoms with Gasteiger partial charge in [0.05, 0.1) is 10.9 Å². The van der Waals surface area contributed by atoms with E-state index in [9.17, 15) is 4.39 Å². The van der Waals surface area contributed by atoms with Gasteiger partial charge in [-0.05, 0) is 38.8 Å². The molecule has 0 saturated carbocycles. The smallest absolute Gasteiger partial charge is 0.151 e. The van der Waals surface area contributed by atoms with E-state index >= 15 is 0 Å². The molecule has 0 saturated heterocycles. The zero-order chi connectivity index (χ0) is 14.2. The minimum Gasteiger partial charge on any atom is -0.321 e. The van der Waals surface area contributed by atoms with Crippen molar-refractivity contribution >= 4 is 22.6 Å². The maximum atomic E-state index is 13.9. The van der Waals surface area contributed by atoms with Crippen molar-refractivity contribution in [2.45, 2.75) is 51.5 Å². The van der Waals surface area contributed by atoms with Crippen molar-refractivity contribution in [3.8, 4) is 0 Å². The lowest BCUT2D eigenvalue weighted by Gasteiger charge is -2.32. The minimum absolute atomic E-state index is 0.0962. The number of hydrogen-bond donors (Lipinski definition) is 0. The van der Waals surface area contributed by atoms with E-state index in [-0.39, 0.29) is 16.7 Å². The van der Waals surface area contributed by atoms with E-state index in [1.54, 1.807) is 6.07 Å². The zero-order valence-electron chi connectivity index (χ0n) is 11.9. The number of halogens is 2. The number of fused-ring (bicyclic) bond motifs is 1. The van der Waals surface area contributed by atoms with Gasteiger partial charge in [0.25, 0.3) is 0 Å². The number of nitrogens with zero attached hydrogens (tertiary/aromatic N) is 2. The molecule has 1 atom stereocenters. The van der Waals surface area contributed by atoms with E-state index in [4.69, 9.17) is 11.6 Å². The average Bonchev–Trinajstić information content (AvgIpc) is 2.79. The van der Waals surface area contributed by atoms with Gasteiger partial charge in [-0.25, -0.2) is 9.37 Å². The van der Waals surface area contributed by atoms with Crippen LogP contribution in [0.25, 0.3) is 11.0 Å². The molecule has 2 rings (SSSR count). The van der Waals surface area contributed by atoms with Crippen LogP contribution in [0.2, 0.25) is 0 Å². The highest BCUT2D eigenvalue weighted by atomic mass is 35.5. The van der Waals surface area contributed by atoms with Crippen LogP contribution in [0.1, 0.15) is 51.7 Å². The summed E-state index contributed by atoms with van der Waals surface area (Å²) in [7, 11) is 0. The summed E-state index contributed by atoms with van der Waals surface area (Å²) in [6.45, 7) is 8.32. The highest BCUT2D eigenvalue weighted by Crippen LogP contribution is 2.35. The average molecular weight is 283 g/mol. The summed E-state index contributed by atoms with van der Waals surface area (Å²) in [6, 6.07) is 5.08. The summed E-state index contributed by atoms with van der Waals surface area (Å²) in [4.78, 5) is 4.43. The van der Waals surface area contributed by atoms with Gasteiger partial charge in [-0.2, -0.15) is 0 Å². The fraction of sp³-hybridized carbons (Fsp3) is 0.533. The van der Waals surface area contributed by atoms with Gasteiger partial charge in [-0.15, -0.1) is 11.6 Å². The number of para-hydroxylation sites is 1. The Morgan fingerprint density at radius 3 is 2.53 bits per heavy atom. The fourth-order valence-corrected chi connectivity index (χ4v) is 2.63. The van der Waals surface area contributed by atoms with Crippen molar-refractivity contribution in [3.63, 3.8) is 0 Å². The molecule has 0 fully saturated rings. The van der Waals surface area contributed by atoms with E-state index in [2.05, 4.69) is 30.3 Å². The molecule has 0 aliphatic heterocycles. The lowest BCUT2D eigenvalue weighted by Crippen LogP contribution is -2.30. The summed E-state index contributed by atoms with van der Waals surface area (Å²) in [5.74, 6) is 0.456. The number of aromatic nitrogens is 2. The van der Waals surface area contributed by atoms with Gasteiger partial charge in [-0.1, -0.05) is 19.9 Å². The summed E-state index contributed by atoms with van der Waals surface area (Å²) < 4.78 is 16.0. The number of alkyl halides is 1. The van der Waals surface area contributed by atoms with E-state index in [0.29, 0.717) is 5.52 Å². The van der Waals surface area contributed by atoms with Crippen LogP contribution < -0.4 is 0 Å². The van der Waals surface area contributed by atoms with Crippen molar-refractivity contribution in [1.82, 2.24) is 9.55 Å².